The maximum atomic E-state index is 11.9. The average molecular weight is 258 g/mol. The average Bonchev–Trinajstić information content (AvgIpc) is 2.47. The topological polar surface area (TPSA) is 51.1 Å². The molecule has 0 radical (unpaired) electrons. The third-order valence-electron chi connectivity index (χ3n) is 2.84. The summed E-state index contributed by atoms with van der Waals surface area (Å²) in [5.74, 6) is 0.146. The molecule has 5 heteroatoms. The molecule has 0 aliphatic carbocycles. The van der Waals surface area contributed by atoms with Gasteiger partial charge in [-0.2, -0.15) is 0 Å². The molecule has 17 heavy (non-hydrogen) atoms. The Morgan fingerprint density at radius 1 is 1.18 bits per heavy atom. The second-order valence-corrected chi connectivity index (χ2v) is 8.15. The summed E-state index contributed by atoms with van der Waals surface area (Å²) in [5, 5.41) is 0. The molecule has 98 valence electrons. The fourth-order valence-electron chi connectivity index (χ4n) is 1.52. The first-order valence-corrected chi connectivity index (χ1v) is 7.41. The van der Waals surface area contributed by atoms with Crippen LogP contribution in [0.5, 0.6) is 0 Å². The van der Waals surface area contributed by atoms with E-state index in [4.69, 9.17) is 0 Å². The lowest BCUT2D eigenvalue weighted by Gasteiger charge is -2.20. The van der Waals surface area contributed by atoms with Gasteiger partial charge in [-0.25, -0.2) is 8.42 Å². The summed E-state index contributed by atoms with van der Waals surface area (Å²) in [6.45, 7) is 9.59. The summed E-state index contributed by atoms with van der Waals surface area (Å²) in [6.07, 6.45) is 0. The fraction of sp³-hybridized carbons (Fsp3) is 0.667. The number of sulfone groups is 1. The van der Waals surface area contributed by atoms with E-state index in [1.807, 2.05) is 30.7 Å². The smallest absolute Gasteiger partial charge is 0.156 e. The lowest BCUT2D eigenvalue weighted by atomic mass is 10.3. The van der Waals surface area contributed by atoms with Crippen molar-refractivity contribution in [3.8, 4) is 0 Å². The number of rotatable bonds is 4. The summed E-state index contributed by atoms with van der Waals surface area (Å²) < 4.78 is 25.0. The van der Waals surface area contributed by atoms with E-state index in [0.29, 0.717) is 6.54 Å². The van der Waals surface area contributed by atoms with Gasteiger partial charge in [-0.1, -0.05) is 0 Å². The number of nitrogens with one attached hydrogen (secondary N) is 1. The molecule has 0 fully saturated rings. The SMILES string of the molecule is Cc1ccc(C)n1NCCS(=O)(=O)C(C)(C)C. The Kier molecular flexibility index (Phi) is 3.91. The van der Waals surface area contributed by atoms with Crippen molar-refractivity contribution in [2.45, 2.75) is 39.4 Å². The van der Waals surface area contributed by atoms with Crippen molar-refractivity contribution in [1.82, 2.24) is 4.68 Å². The van der Waals surface area contributed by atoms with Crippen LogP contribution in [-0.2, 0) is 9.84 Å². The highest BCUT2D eigenvalue weighted by atomic mass is 32.2. The molecule has 4 nitrogen and oxygen atoms in total. The molecule has 0 atom stereocenters. The number of aromatic nitrogens is 1. The first kappa shape index (κ1) is 14.1. The van der Waals surface area contributed by atoms with Crippen molar-refractivity contribution in [1.29, 1.82) is 0 Å². The van der Waals surface area contributed by atoms with Gasteiger partial charge < -0.3 is 5.43 Å². The van der Waals surface area contributed by atoms with Crippen molar-refractivity contribution >= 4 is 9.84 Å². The van der Waals surface area contributed by atoms with Gasteiger partial charge in [-0.15, -0.1) is 0 Å². The van der Waals surface area contributed by atoms with Crippen LogP contribution >= 0.6 is 0 Å². The van der Waals surface area contributed by atoms with Crippen LogP contribution in [0.1, 0.15) is 32.2 Å². The van der Waals surface area contributed by atoms with Gasteiger partial charge in [0.1, 0.15) is 0 Å². The van der Waals surface area contributed by atoms with E-state index in [1.165, 1.54) is 0 Å². The molecule has 0 saturated heterocycles. The molecule has 1 aromatic rings. The zero-order valence-electron chi connectivity index (χ0n) is 11.2. The van der Waals surface area contributed by atoms with Crippen molar-refractivity contribution in [3.63, 3.8) is 0 Å². The van der Waals surface area contributed by atoms with Crippen LogP contribution in [0, 0.1) is 13.8 Å². The Labute approximate surface area is 104 Å². The van der Waals surface area contributed by atoms with Crippen molar-refractivity contribution < 1.29 is 8.42 Å². The van der Waals surface area contributed by atoms with Gasteiger partial charge >= 0.3 is 0 Å². The van der Waals surface area contributed by atoms with Gasteiger partial charge in [0, 0.05) is 17.9 Å². The predicted molar refractivity (Wildman–Crippen MR) is 71.7 cm³/mol. The maximum Gasteiger partial charge on any atom is 0.156 e. The summed E-state index contributed by atoms with van der Waals surface area (Å²) >= 11 is 0. The molecular weight excluding hydrogens is 236 g/mol. The van der Waals surface area contributed by atoms with Crippen molar-refractivity contribution in [3.05, 3.63) is 23.5 Å². The molecule has 0 amide bonds. The largest absolute Gasteiger partial charge is 0.325 e. The Morgan fingerprint density at radius 2 is 1.65 bits per heavy atom. The molecule has 0 unspecified atom stereocenters. The molecular formula is C12H22N2O2S. The minimum absolute atomic E-state index is 0.146. The Hall–Kier alpha value is -0.970. The van der Waals surface area contributed by atoms with Crippen LogP contribution in [0.25, 0.3) is 0 Å². The molecule has 0 aromatic carbocycles. The molecule has 0 saturated carbocycles. The molecule has 0 spiro atoms. The number of aryl methyl sites for hydroxylation is 2. The first-order chi connectivity index (χ1) is 7.65. The second kappa shape index (κ2) is 4.72. The summed E-state index contributed by atoms with van der Waals surface area (Å²) in [4.78, 5) is 0. The normalized spacial score (nSPS) is 12.8. The lowest BCUT2D eigenvalue weighted by molar-refractivity contribution is 0.559. The molecule has 1 heterocycles. The van der Waals surface area contributed by atoms with E-state index in [2.05, 4.69) is 5.43 Å². The Morgan fingerprint density at radius 3 is 2.06 bits per heavy atom. The first-order valence-electron chi connectivity index (χ1n) is 5.76. The number of nitrogens with zero attached hydrogens (tertiary/aromatic N) is 1. The van der Waals surface area contributed by atoms with Gasteiger partial charge in [0.2, 0.25) is 0 Å². The van der Waals surface area contributed by atoms with Crippen LogP contribution in [-0.4, -0.2) is 30.1 Å². The van der Waals surface area contributed by atoms with Crippen LogP contribution < -0.4 is 5.43 Å². The van der Waals surface area contributed by atoms with E-state index in [9.17, 15) is 8.42 Å². The molecule has 1 rings (SSSR count). The van der Waals surface area contributed by atoms with Crippen LogP contribution in [0.2, 0.25) is 0 Å². The molecule has 1 aromatic heterocycles. The fourth-order valence-corrected chi connectivity index (χ4v) is 2.49. The van der Waals surface area contributed by atoms with Gasteiger partial charge in [0.15, 0.2) is 9.84 Å². The van der Waals surface area contributed by atoms with E-state index in [0.717, 1.165) is 11.4 Å². The van der Waals surface area contributed by atoms with Crippen LogP contribution in [0.3, 0.4) is 0 Å². The predicted octanol–water partition coefficient (Wildman–Crippen LogP) is 1.86. The minimum Gasteiger partial charge on any atom is -0.325 e. The van der Waals surface area contributed by atoms with E-state index in [-0.39, 0.29) is 5.75 Å². The summed E-state index contributed by atoms with van der Waals surface area (Å²) in [5.41, 5.74) is 5.29. The van der Waals surface area contributed by atoms with Crippen LogP contribution in [0.4, 0.5) is 0 Å². The Bertz CT molecular complexity index is 462. The lowest BCUT2D eigenvalue weighted by Crippen LogP contribution is -2.34. The third kappa shape index (κ3) is 3.25. The summed E-state index contributed by atoms with van der Waals surface area (Å²) in [6, 6.07) is 4.00. The zero-order valence-corrected chi connectivity index (χ0v) is 12.1. The number of hydrogen-bond acceptors (Lipinski definition) is 3. The zero-order chi connectivity index (χ0) is 13.3. The van der Waals surface area contributed by atoms with Crippen LogP contribution in [0.15, 0.2) is 12.1 Å². The quantitative estimate of drug-likeness (QED) is 0.897. The van der Waals surface area contributed by atoms with E-state index >= 15 is 0 Å². The van der Waals surface area contributed by atoms with E-state index in [1.54, 1.807) is 20.8 Å². The standard InChI is InChI=1S/C12H22N2O2S/c1-10-6-7-11(2)14(10)13-8-9-17(15,16)12(3,4)5/h6-7,13H,8-9H2,1-5H3. The molecule has 0 bridgehead atoms. The van der Waals surface area contributed by atoms with Crippen molar-refractivity contribution in [2.24, 2.45) is 0 Å². The second-order valence-electron chi connectivity index (χ2n) is 5.29. The number of hydrogen-bond donors (Lipinski definition) is 1. The van der Waals surface area contributed by atoms with Gasteiger partial charge in [-0.3, -0.25) is 4.68 Å². The molecule has 0 aliphatic heterocycles. The molecule has 1 N–H and O–H groups in total. The highest BCUT2D eigenvalue weighted by Gasteiger charge is 2.28. The molecule has 0 aliphatic rings. The van der Waals surface area contributed by atoms with Gasteiger partial charge in [0.25, 0.3) is 0 Å². The maximum absolute atomic E-state index is 11.9. The third-order valence-corrected chi connectivity index (χ3v) is 5.45. The Balaban J connectivity index is 2.61. The summed E-state index contributed by atoms with van der Waals surface area (Å²) in [7, 11) is -3.05. The van der Waals surface area contributed by atoms with E-state index < -0.39 is 14.6 Å². The van der Waals surface area contributed by atoms with Gasteiger partial charge in [0.05, 0.1) is 10.5 Å². The monoisotopic (exact) mass is 258 g/mol. The minimum atomic E-state index is -3.05. The highest BCUT2D eigenvalue weighted by Crippen LogP contribution is 2.15. The highest BCUT2D eigenvalue weighted by molar-refractivity contribution is 7.92. The van der Waals surface area contributed by atoms with Gasteiger partial charge in [-0.05, 0) is 46.8 Å². The van der Waals surface area contributed by atoms with Crippen molar-refractivity contribution in [2.75, 3.05) is 17.7 Å².